The number of nitrogens with two attached hydrogens (primary N) is 1. The van der Waals surface area contributed by atoms with E-state index in [1.807, 2.05) is 0 Å². The second-order valence-electron chi connectivity index (χ2n) is 4.45. The van der Waals surface area contributed by atoms with Crippen molar-refractivity contribution < 1.29 is 0 Å². The van der Waals surface area contributed by atoms with Gasteiger partial charge in [0.25, 0.3) is 0 Å². The third-order valence-corrected chi connectivity index (χ3v) is 3.11. The second-order valence-corrected chi connectivity index (χ2v) is 4.45. The number of fused-ring (bicyclic) bond motifs is 2. The quantitative estimate of drug-likeness (QED) is 0.490. The minimum Gasteiger partial charge on any atom is -0.370 e. The first-order valence-electron chi connectivity index (χ1n) is 5.30. The van der Waals surface area contributed by atoms with Crippen molar-refractivity contribution >= 4 is 5.96 Å². The average molecular weight is 181 g/mol. The highest BCUT2D eigenvalue weighted by Gasteiger charge is 2.40. The van der Waals surface area contributed by atoms with E-state index < -0.39 is 0 Å². The molecule has 13 heavy (non-hydrogen) atoms. The maximum atomic E-state index is 5.98. The molecular weight excluding hydrogens is 162 g/mol. The van der Waals surface area contributed by atoms with Crippen molar-refractivity contribution in [2.75, 3.05) is 0 Å². The van der Waals surface area contributed by atoms with Crippen LogP contribution < -0.4 is 5.73 Å². The van der Waals surface area contributed by atoms with Crippen molar-refractivity contribution in [3.05, 3.63) is 0 Å². The molecule has 0 aromatic heterocycles. The highest BCUT2D eigenvalue weighted by molar-refractivity contribution is 5.79. The fourth-order valence-corrected chi connectivity index (χ4v) is 2.62. The Hall–Kier alpha value is -0.730. The van der Waals surface area contributed by atoms with Gasteiger partial charge >= 0.3 is 0 Å². The van der Waals surface area contributed by atoms with Gasteiger partial charge in [0.05, 0.1) is 0 Å². The van der Waals surface area contributed by atoms with Gasteiger partial charge < -0.3 is 10.6 Å². The summed E-state index contributed by atoms with van der Waals surface area (Å²) in [6.07, 6.45) is 5.27. The number of hydrogen-bond acceptors (Lipinski definition) is 1. The first kappa shape index (κ1) is 8.85. The largest absolute Gasteiger partial charge is 0.370 e. The molecule has 2 bridgehead atoms. The van der Waals surface area contributed by atoms with E-state index in [1.54, 1.807) is 0 Å². The standard InChI is InChI=1S/C10H19N3/c1-7(2)12-10(11)13-8-3-4-9(13)6-5-8/h7-9H,3-6H2,1-2H3,(H2,11,12). The van der Waals surface area contributed by atoms with Crippen LogP contribution in [0.2, 0.25) is 0 Å². The van der Waals surface area contributed by atoms with Crippen molar-refractivity contribution in [2.45, 2.75) is 57.7 Å². The number of aliphatic imine (C=N–C) groups is 1. The maximum Gasteiger partial charge on any atom is 0.192 e. The predicted molar refractivity (Wildman–Crippen MR) is 54.6 cm³/mol. The van der Waals surface area contributed by atoms with Crippen LogP contribution in [0.5, 0.6) is 0 Å². The number of rotatable bonds is 1. The molecule has 2 saturated heterocycles. The SMILES string of the molecule is CC(C)N=C(N)N1C2CCC1CC2. The van der Waals surface area contributed by atoms with Gasteiger partial charge in [0.15, 0.2) is 5.96 Å². The Bertz CT molecular complexity index is 202. The first-order chi connectivity index (χ1) is 6.18. The lowest BCUT2D eigenvalue weighted by molar-refractivity contribution is 0.392. The number of nitrogens with zero attached hydrogens (tertiary/aromatic N) is 2. The summed E-state index contributed by atoms with van der Waals surface area (Å²) in [7, 11) is 0. The monoisotopic (exact) mass is 181 g/mol. The van der Waals surface area contributed by atoms with E-state index in [9.17, 15) is 0 Å². The fraction of sp³-hybridized carbons (Fsp3) is 0.900. The van der Waals surface area contributed by atoms with E-state index in [-0.39, 0.29) is 0 Å². The molecule has 0 aromatic rings. The third-order valence-electron chi connectivity index (χ3n) is 3.11. The van der Waals surface area contributed by atoms with Crippen LogP contribution in [0.3, 0.4) is 0 Å². The summed E-state index contributed by atoms with van der Waals surface area (Å²) >= 11 is 0. The Morgan fingerprint density at radius 2 is 1.69 bits per heavy atom. The highest BCUT2D eigenvalue weighted by atomic mass is 15.3. The van der Waals surface area contributed by atoms with E-state index in [1.165, 1.54) is 25.7 Å². The van der Waals surface area contributed by atoms with E-state index in [0.717, 1.165) is 5.96 Å². The molecule has 0 spiro atoms. The zero-order valence-corrected chi connectivity index (χ0v) is 8.53. The van der Waals surface area contributed by atoms with Crippen LogP contribution in [0.4, 0.5) is 0 Å². The van der Waals surface area contributed by atoms with Crippen molar-refractivity contribution in [1.29, 1.82) is 0 Å². The Balaban J connectivity index is 2.09. The molecule has 74 valence electrons. The zero-order chi connectivity index (χ0) is 9.42. The molecule has 2 N–H and O–H groups in total. The van der Waals surface area contributed by atoms with Crippen LogP contribution in [0.15, 0.2) is 4.99 Å². The topological polar surface area (TPSA) is 41.6 Å². The Kier molecular flexibility index (Phi) is 2.18. The van der Waals surface area contributed by atoms with Crippen molar-refractivity contribution in [3.63, 3.8) is 0 Å². The second kappa shape index (κ2) is 3.20. The van der Waals surface area contributed by atoms with Crippen LogP contribution >= 0.6 is 0 Å². The lowest BCUT2D eigenvalue weighted by Crippen LogP contribution is -2.41. The van der Waals surface area contributed by atoms with Gasteiger partial charge in [-0.1, -0.05) is 0 Å². The smallest absolute Gasteiger partial charge is 0.192 e. The molecule has 0 unspecified atom stereocenters. The summed E-state index contributed by atoms with van der Waals surface area (Å²) in [5.74, 6) is 0.778. The average Bonchev–Trinajstić information content (AvgIpc) is 2.60. The van der Waals surface area contributed by atoms with Gasteiger partial charge in [-0.3, -0.25) is 4.99 Å². The molecule has 0 aliphatic carbocycles. The van der Waals surface area contributed by atoms with Crippen molar-refractivity contribution in [1.82, 2.24) is 4.90 Å². The minimum atomic E-state index is 0.319. The molecule has 0 atom stereocenters. The summed E-state index contributed by atoms with van der Waals surface area (Å²) in [6.45, 7) is 4.15. The molecule has 0 amide bonds. The Labute approximate surface area is 80.0 Å². The number of hydrogen-bond donors (Lipinski definition) is 1. The van der Waals surface area contributed by atoms with Gasteiger partial charge in [-0.2, -0.15) is 0 Å². The lowest BCUT2D eigenvalue weighted by atomic mass is 10.0. The van der Waals surface area contributed by atoms with Gasteiger partial charge in [-0.25, -0.2) is 0 Å². The summed E-state index contributed by atoms with van der Waals surface area (Å²) in [6, 6.07) is 1.72. The zero-order valence-electron chi connectivity index (χ0n) is 8.53. The highest BCUT2D eigenvalue weighted by Crippen LogP contribution is 2.36. The molecular formula is C10H19N3. The molecule has 3 nitrogen and oxygen atoms in total. The summed E-state index contributed by atoms with van der Waals surface area (Å²) in [5, 5.41) is 0. The van der Waals surface area contributed by atoms with Crippen molar-refractivity contribution in [2.24, 2.45) is 10.7 Å². The van der Waals surface area contributed by atoms with Crippen LogP contribution in [-0.4, -0.2) is 29.0 Å². The van der Waals surface area contributed by atoms with Crippen LogP contribution in [0, 0.1) is 0 Å². The van der Waals surface area contributed by atoms with Gasteiger partial charge in [0.1, 0.15) is 0 Å². The molecule has 2 aliphatic heterocycles. The van der Waals surface area contributed by atoms with Crippen molar-refractivity contribution in [3.8, 4) is 0 Å². The van der Waals surface area contributed by atoms with Gasteiger partial charge in [0.2, 0.25) is 0 Å². The fourth-order valence-electron chi connectivity index (χ4n) is 2.62. The molecule has 2 aliphatic rings. The van der Waals surface area contributed by atoms with Gasteiger partial charge in [-0.05, 0) is 39.5 Å². The van der Waals surface area contributed by atoms with Gasteiger partial charge in [0, 0.05) is 18.1 Å². The molecule has 0 saturated carbocycles. The third kappa shape index (κ3) is 1.52. The van der Waals surface area contributed by atoms with Crippen LogP contribution in [-0.2, 0) is 0 Å². The Morgan fingerprint density at radius 3 is 2.08 bits per heavy atom. The van der Waals surface area contributed by atoms with E-state index >= 15 is 0 Å². The van der Waals surface area contributed by atoms with Crippen LogP contribution in [0.1, 0.15) is 39.5 Å². The summed E-state index contributed by atoms with van der Waals surface area (Å²) in [4.78, 5) is 6.77. The summed E-state index contributed by atoms with van der Waals surface area (Å²) in [5.41, 5.74) is 5.98. The van der Waals surface area contributed by atoms with E-state index in [4.69, 9.17) is 5.73 Å². The first-order valence-corrected chi connectivity index (χ1v) is 5.30. The van der Waals surface area contributed by atoms with E-state index in [2.05, 4.69) is 23.7 Å². The van der Waals surface area contributed by atoms with Crippen LogP contribution in [0.25, 0.3) is 0 Å². The molecule has 2 heterocycles. The summed E-state index contributed by atoms with van der Waals surface area (Å²) < 4.78 is 0. The Morgan fingerprint density at radius 1 is 1.23 bits per heavy atom. The molecule has 2 fully saturated rings. The number of guanidine groups is 1. The maximum absolute atomic E-state index is 5.98. The molecule has 3 heteroatoms. The normalized spacial score (nSPS) is 33.5. The lowest BCUT2D eigenvalue weighted by Gasteiger charge is -2.23. The van der Waals surface area contributed by atoms with Gasteiger partial charge in [-0.15, -0.1) is 0 Å². The molecule has 0 radical (unpaired) electrons. The molecule has 2 rings (SSSR count). The predicted octanol–water partition coefficient (Wildman–Crippen LogP) is 1.34. The molecule has 0 aromatic carbocycles. The minimum absolute atomic E-state index is 0.319. The van der Waals surface area contributed by atoms with E-state index in [0.29, 0.717) is 18.1 Å².